The van der Waals surface area contributed by atoms with Gasteiger partial charge in [-0.2, -0.15) is 0 Å². The molecule has 114 valence electrons. The van der Waals surface area contributed by atoms with Crippen LogP contribution in [-0.4, -0.2) is 52.2 Å². The molecule has 1 heterocycles. The van der Waals surface area contributed by atoms with E-state index in [1.165, 1.54) is 11.3 Å². The molecular formula is C15H32N2O2. The Morgan fingerprint density at radius 1 is 1.26 bits per heavy atom. The summed E-state index contributed by atoms with van der Waals surface area (Å²) >= 11 is 0. The summed E-state index contributed by atoms with van der Waals surface area (Å²) in [4.78, 5) is 14.5. The van der Waals surface area contributed by atoms with Crippen LogP contribution in [0.4, 0.5) is 4.79 Å². The van der Waals surface area contributed by atoms with Gasteiger partial charge in [0.25, 0.3) is 0 Å². The SMILES string of the molecule is CC1CCCCN1C(=O)O.CCN(C(C)C)C(C)C. The maximum atomic E-state index is 10.5. The molecule has 0 aliphatic carbocycles. The fourth-order valence-electron chi connectivity index (χ4n) is 2.71. The van der Waals surface area contributed by atoms with Gasteiger partial charge in [0.15, 0.2) is 0 Å². The summed E-state index contributed by atoms with van der Waals surface area (Å²) in [6.07, 6.45) is 2.45. The van der Waals surface area contributed by atoms with Gasteiger partial charge in [0.05, 0.1) is 0 Å². The summed E-state index contributed by atoms with van der Waals surface area (Å²) in [5, 5.41) is 8.63. The van der Waals surface area contributed by atoms with E-state index in [0.29, 0.717) is 12.1 Å². The van der Waals surface area contributed by atoms with Crippen molar-refractivity contribution in [1.82, 2.24) is 9.80 Å². The highest BCUT2D eigenvalue weighted by molar-refractivity contribution is 5.65. The van der Waals surface area contributed by atoms with Crippen LogP contribution in [0.25, 0.3) is 0 Å². The largest absolute Gasteiger partial charge is 0.465 e. The summed E-state index contributed by atoms with van der Waals surface area (Å²) < 4.78 is 0. The van der Waals surface area contributed by atoms with E-state index in [9.17, 15) is 4.79 Å². The van der Waals surface area contributed by atoms with Crippen molar-refractivity contribution in [2.75, 3.05) is 13.1 Å². The zero-order valence-corrected chi connectivity index (χ0v) is 13.5. The second-order valence-electron chi connectivity index (χ2n) is 5.84. The molecule has 4 heteroatoms. The van der Waals surface area contributed by atoms with E-state index in [1.807, 2.05) is 6.92 Å². The predicted molar refractivity (Wildman–Crippen MR) is 80.7 cm³/mol. The lowest BCUT2D eigenvalue weighted by Gasteiger charge is -2.30. The lowest BCUT2D eigenvalue weighted by Crippen LogP contribution is -2.40. The molecule has 4 nitrogen and oxygen atoms in total. The van der Waals surface area contributed by atoms with Crippen molar-refractivity contribution in [2.24, 2.45) is 0 Å². The van der Waals surface area contributed by atoms with Crippen molar-refractivity contribution < 1.29 is 9.90 Å². The van der Waals surface area contributed by atoms with Crippen LogP contribution < -0.4 is 0 Å². The van der Waals surface area contributed by atoms with Gasteiger partial charge in [-0.15, -0.1) is 0 Å². The number of likely N-dealkylation sites (tertiary alicyclic amines) is 1. The highest BCUT2D eigenvalue weighted by Crippen LogP contribution is 2.15. The summed E-state index contributed by atoms with van der Waals surface area (Å²) in [6, 6.07) is 1.61. The van der Waals surface area contributed by atoms with Crippen LogP contribution in [0, 0.1) is 0 Å². The number of amides is 1. The van der Waals surface area contributed by atoms with Gasteiger partial charge in [0.1, 0.15) is 0 Å². The molecule has 0 aromatic rings. The van der Waals surface area contributed by atoms with Crippen LogP contribution in [-0.2, 0) is 0 Å². The minimum Gasteiger partial charge on any atom is -0.465 e. The lowest BCUT2D eigenvalue weighted by atomic mass is 10.0. The molecule has 1 N–H and O–H groups in total. The third kappa shape index (κ3) is 6.81. The molecule has 19 heavy (non-hydrogen) atoms. The minimum absolute atomic E-state index is 0.228. The lowest BCUT2D eigenvalue weighted by molar-refractivity contribution is 0.112. The normalized spacial score (nSPS) is 19.6. The van der Waals surface area contributed by atoms with Gasteiger partial charge in [0, 0.05) is 24.7 Å². The van der Waals surface area contributed by atoms with E-state index in [1.54, 1.807) is 0 Å². The van der Waals surface area contributed by atoms with Crippen molar-refractivity contribution in [3.05, 3.63) is 0 Å². The van der Waals surface area contributed by atoms with Gasteiger partial charge in [-0.1, -0.05) is 6.92 Å². The van der Waals surface area contributed by atoms with Gasteiger partial charge >= 0.3 is 6.09 Å². The van der Waals surface area contributed by atoms with Gasteiger partial charge < -0.3 is 10.0 Å². The minimum atomic E-state index is -0.771. The second-order valence-corrected chi connectivity index (χ2v) is 5.84. The summed E-state index contributed by atoms with van der Waals surface area (Å²) in [5.41, 5.74) is 0. The zero-order valence-electron chi connectivity index (χ0n) is 13.5. The molecule has 0 radical (unpaired) electrons. The number of rotatable bonds is 3. The Labute approximate surface area is 118 Å². The van der Waals surface area contributed by atoms with Gasteiger partial charge in [0.2, 0.25) is 0 Å². The highest BCUT2D eigenvalue weighted by atomic mass is 16.4. The Bertz CT molecular complexity index is 247. The summed E-state index contributed by atoms with van der Waals surface area (Å²) in [7, 11) is 0. The van der Waals surface area contributed by atoms with Crippen LogP contribution in [0.3, 0.4) is 0 Å². The Balaban J connectivity index is 0.000000344. The molecule has 1 aliphatic rings. The number of piperidine rings is 1. The van der Waals surface area contributed by atoms with Crippen molar-refractivity contribution in [2.45, 2.75) is 78.9 Å². The third-order valence-corrected chi connectivity index (χ3v) is 3.74. The van der Waals surface area contributed by atoms with E-state index in [2.05, 4.69) is 39.5 Å². The molecule has 1 rings (SSSR count). The summed E-state index contributed by atoms with van der Waals surface area (Å²) in [6.45, 7) is 15.0. The summed E-state index contributed by atoms with van der Waals surface area (Å²) in [5.74, 6) is 0. The monoisotopic (exact) mass is 272 g/mol. The van der Waals surface area contributed by atoms with Crippen LogP contribution in [0.15, 0.2) is 0 Å². The number of carbonyl (C=O) groups is 1. The van der Waals surface area contributed by atoms with E-state index < -0.39 is 6.09 Å². The molecule has 1 unspecified atom stereocenters. The molecule has 0 saturated carbocycles. The fourth-order valence-corrected chi connectivity index (χ4v) is 2.71. The first-order valence-corrected chi connectivity index (χ1v) is 7.56. The van der Waals surface area contributed by atoms with Crippen molar-refractivity contribution in [1.29, 1.82) is 0 Å². The van der Waals surface area contributed by atoms with Gasteiger partial charge in [-0.05, 0) is 60.4 Å². The number of carboxylic acid groups (broad SMARTS) is 1. The predicted octanol–water partition coefficient (Wildman–Crippen LogP) is 3.66. The molecule has 1 saturated heterocycles. The Morgan fingerprint density at radius 2 is 1.79 bits per heavy atom. The number of hydrogen-bond donors (Lipinski definition) is 1. The molecule has 1 aliphatic heterocycles. The van der Waals surface area contributed by atoms with E-state index in [0.717, 1.165) is 25.9 Å². The van der Waals surface area contributed by atoms with Gasteiger partial charge in [-0.25, -0.2) is 4.79 Å². The maximum Gasteiger partial charge on any atom is 0.407 e. The highest BCUT2D eigenvalue weighted by Gasteiger charge is 2.21. The quantitative estimate of drug-likeness (QED) is 0.852. The topological polar surface area (TPSA) is 43.8 Å². The number of nitrogens with zero attached hydrogens (tertiary/aromatic N) is 2. The second kappa shape index (κ2) is 9.18. The van der Waals surface area contributed by atoms with Crippen molar-refractivity contribution >= 4 is 6.09 Å². The van der Waals surface area contributed by atoms with Crippen molar-refractivity contribution in [3.63, 3.8) is 0 Å². The van der Waals surface area contributed by atoms with E-state index in [-0.39, 0.29) is 6.04 Å². The van der Waals surface area contributed by atoms with Crippen LogP contribution in [0.2, 0.25) is 0 Å². The molecule has 0 aromatic carbocycles. The first-order valence-electron chi connectivity index (χ1n) is 7.56. The standard InChI is InChI=1S/C8H19N.C7H13NO2/c1-6-9(7(2)3)8(4)5;1-6-4-2-3-5-8(6)7(9)10/h7-8H,6H2,1-5H3;6H,2-5H2,1H3,(H,9,10). The average Bonchev–Trinajstić information content (AvgIpc) is 2.29. The molecule has 0 aromatic heterocycles. The van der Waals surface area contributed by atoms with Gasteiger partial charge in [-0.3, -0.25) is 4.90 Å². The molecular weight excluding hydrogens is 240 g/mol. The van der Waals surface area contributed by atoms with Crippen LogP contribution in [0.1, 0.15) is 60.8 Å². The van der Waals surface area contributed by atoms with E-state index in [4.69, 9.17) is 5.11 Å². The first-order chi connectivity index (χ1) is 8.81. The third-order valence-electron chi connectivity index (χ3n) is 3.74. The smallest absolute Gasteiger partial charge is 0.407 e. The average molecular weight is 272 g/mol. The van der Waals surface area contributed by atoms with Crippen LogP contribution in [0.5, 0.6) is 0 Å². The molecule has 1 atom stereocenters. The number of hydrogen-bond acceptors (Lipinski definition) is 2. The van der Waals surface area contributed by atoms with Crippen molar-refractivity contribution in [3.8, 4) is 0 Å². The Morgan fingerprint density at radius 3 is 2.00 bits per heavy atom. The maximum absolute atomic E-state index is 10.5. The molecule has 1 amide bonds. The Hall–Kier alpha value is -0.770. The zero-order chi connectivity index (χ0) is 15.0. The fraction of sp³-hybridized carbons (Fsp3) is 0.933. The first kappa shape index (κ1) is 18.2. The molecule has 0 bridgehead atoms. The van der Waals surface area contributed by atoms with E-state index >= 15 is 0 Å². The van der Waals surface area contributed by atoms with Crippen LogP contribution >= 0.6 is 0 Å². The Kier molecular flexibility index (Phi) is 8.81. The molecule has 0 spiro atoms. The molecule has 1 fully saturated rings.